The quantitative estimate of drug-likeness (QED) is 0.612. The van der Waals surface area contributed by atoms with Gasteiger partial charge in [0, 0.05) is 5.70 Å². The molecule has 0 aromatic rings. The summed E-state index contributed by atoms with van der Waals surface area (Å²) >= 11 is 0. The highest BCUT2D eigenvalue weighted by atomic mass is 14.6. The Morgan fingerprint density at radius 1 is 1.55 bits per heavy atom. The van der Waals surface area contributed by atoms with Gasteiger partial charge in [0.1, 0.15) is 0 Å². The Bertz CT molecular complexity index is 199. The SMILES string of the molecule is CC1=CC(N)=CCC1C(C)C. The lowest BCUT2D eigenvalue weighted by Crippen LogP contribution is -2.14. The highest BCUT2D eigenvalue weighted by molar-refractivity contribution is 5.26. The highest BCUT2D eigenvalue weighted by Crippen LogP contribution is 2.28. The van der Waals surface area contributed by atoms with E-state index < -0.39 is 0 Å². The number of allylic oxidation sites excluding steroid dienone is 3. The van der Waals surface area contributed by atoms with E-state index in [0.717, 1.165) is 18.0 Å². The van der Waals surface area contributed by atoms with Crippen molar-refractivity contribution in [3.05, 3.63) is 23.4 Å². The number of hydrogen-bond acceptors (Lipinski definition) is 1. The summed E-state index contributed by atoms with van der Waals surface area (Å²) in [7, 11) is 0. The van der Waals surface area contributed by atoms with Gasteiger partial charge in [0.15, 0.2) is 0 Å². The second-order valence-corrected chi connectivity index (χ2v) is 3.68. The average Bonchev–Trinajstić information content (AvgIpc) is 1.85. The van der Waals surface area contributed by atoms with Crippen LogP contribution in [0.25, 0.3) is 0 Å². The minimum absolute atomic E-state index is 0.710. The molecule has 0 fully saturated rings. The smallest absolute Gasteiger partial charge is 0.0273 e. The summed E-state index contributed by atoms with van der Waals surface area (Å²) < 4.78 is 0. The fraction of sp³-hybridized carbons (Fsp3) is 0.600. The van der Waals surface area contributed by atoms with E-state index in [2.05, 4.69) is 32.9 Å². The van der Waals surface area contributed by atoms with Gasteiger partial charge in [-0.05, 0) is 31.3 Å². The van der Waals surface area contributed by atoms with Crippen LogP contribution in [0.4, 0.5) is 0 Å². The number of rotatable bonds is 1. The van der Waals surface area contributed by atoms with Crippen LogP contribution >= 0.6 is 0 Å². The van der Waals surface area contributed by atoms with Gasteiger partial charge >= 0.3 is 0 Å². The Morgan fingerprint density at radius 2 is 2.18 bits per heavy atom. The van der Waals surface area contributed by atoms with Gasteiger partial charge in [0.25, 0.3) is 0 Å². The molecule has 1 rings (SSSR count). The fourth-order valence-corrected chi connectivity index (χ4v) is 1.68. The van der Waals surface area contributed by atoms with Crippen molar-refractivity contribution < 1.29 is 0 Å². The average molecular weight is 151 g/mol. The fourth-order valence-electron chi connectivity index (χ4n) is 1.68. The topological polar surface area (TPSA) is 26.0 Å². The normalized spacial score (nSPS) is 24.9. The van der Waals surface area contributed by atoms with Gasteiger partial charge in [0.05, 0.1) is 0 Å². The molecule has 1 unspecified atom stereocenters. The van der Waals surface area contributed by atoms with Crippen LogP contribution in [0.3, 0.4) is 0 Å². The lowest BCUT2D eigenvalue weighted by Gasteiger charge is -2.23. The highest BCUT2D eigenvalue weighted by Gasteiger charge is 2.16. The summed E-state index contributed by atoms with van der Waals surface area (Å²) in [4.78, 5) is 0. The van der Waals surface area contributed by atoms with E-state index >= 15 is 0 Å². The van der Waals surface area contributed by atoms with Crippen molar-refractivity contribution >= 4 is 0 Å². The minimum atomic E-state index is 0.710. The van der Waals surface area contributed by atoms with Crippen molar-refractivity contribution in [2.24, 2.45) is 17.6 Å². The first-order valence-corrected chi connectivity index (χ1v) is 4.25. The lowest BCUT2D eigenvalue weighted by atomic mass is 9.83. The van der Waals surface area contributed by atoms with Gasteiger partial charge in [-0.2, -0.15) is 0 Å². The molecule has 2 N–H and O–H groups in total. The Morgan fingerprint density at radius 3 is 2.64 bits per heavy atom. The monoisotopic (exact) mass is 151 g/mol. The van der Waals surface area contributed by atoms with Crippen LogP contribution in [0.15, 0.2) is 23.4 Å². The maximum absolute atomic E-state index is 5.67. The second-order valence-electron chi connectivity index (χ2n) is 3.68. The van der Waals surface area contributed by atoms with Crippen LogP contribution in [0, 0.1) is 11.8 Å². The molecular formula is C10H17N. The van der Waals surface area contributed by atoms with Crippen LogP contribution in [0.5, 0.6) is 0 Å². The van der Waals surface area contributed by atoms with Crippen LogP contribution in [0.1, 0.15) is 27.2 Å². The molecule has 0 saturated heterocycles. The predicted octanol–water partition coefficient (Wildman–Crippen LogP) is 2.45. The van der Waals surface area contributed by atoms with Gasteiger partial charge < -0.3 is 5.73 Å². The van der Waals surface area contributed by atoms with E-state index in [9.17, 15) is 0 Å². The van der Waals surface area contributed by atoms with Crippen molar-refractivity contribution in [3.63, 3.8) is 0 Å². The third kappa shape index (κ3) is 1.86. The number of hydrogen-bond donors (Lipinski definition) is 1. The van der Waals surface area contributed by atoms with Crippen LogP contribution in [0.2, 0.25) is 0 Å². The molecule has 0 amide bonds. The molecule has 0 radical (unpaired) electrons. The van der Waals surface area contributed by atoms with Crippen molar-refractivity contribution in [1.82, 2.24) is 0 Å². The van der Waals surface area contributed by atoms with Crippen molar-refractivity contribution in [2.45, 2.75) is 27.2 Å². The molecule has 1 aliphatic rings. The molecule has 1 aliphatic carbocycles. The van der Waals surface area contributed by atoms with Gasteiger partial charge in [-0.1, -0.05) is 25.5 Å². The molecule has 1 nitrogen and oxygen atoms in total. The zero-order chi connectivity index (χ0) is 8.43. The van der Waals surface area contributed by atoms with E-state index in [1.54, 1.807) is 0 Å². The summed E-state index contributed by atoms with van der Waals surface area (Å²) in [6, 6.07) is 0. The van der Waals surface area contributed by atoms with Gasteiger partial charge in [-0.25, -0.2) is 0 Å². The molecule has 0 aromatic heterocycles. The Hall–Kier alpha value is -0.720. The third-order valence-corrected chi connectivity index (χ3v) is 2.39. The summed E-state index contributed by atoms with van der Waals surface area (Å²) in [6.45, 7) is 6.69. The zero-order valence-electron chi connectivity index (χ0n) is 7.59. The molecule has 0 bridgehead atoms. The van der Waals surface area contributed by atoms with E-state index in [1.165, 1.54) is 5.57 Å². The maximum atomic E-state index is 5.67. The largest absolute Gasteiger partial charge is 0.399 e. The van der Waals surface area contributed by atoms with Crippen LogP contribution in [-0.2, 0) is 0 Å². The van der Waals surface area contributed by atoms with Crippen LogP contribution in [-0.4, -0.2) is 0 Å². The predicted molar refractivity (Wildman–Crippen MR) is 49.0 cm³/mol. The Labute approximate surface area is 69.0 Å². The van der Waals surface area contributed by atoms with Gasteiger partial charge in [0.2, 0.25) is 0 Å². The lowest BCUT2D eigenvalue weighted by molar-refractivity contribution is 0.442. The zero-order valence-corrected chi connectivity index (χ0v) is 7.59. The first-order valence-electron chi connectivity index (χ1n) is 4.25. The molecule has 0 heterocycles. The molecule has 1 atom stereocenters. The second kappa shape index (κ2) is 3.12. The van der Waals surface area contributed by atoms with Gasteiger partial charge in [-0.15, -0.1) is 0 Å². The van der Waals surface area contributed by atoms with Gasteiger partial charge in [-0.3, -0.25) is 0 Å². The molecule has 0 spiro atoms. The van der Waals surface area contributed by atoms with Crippen molar-refractivity contribution in [3.8, 4) is 0 Å². The standard InChI is InChI=1S/C10H17N/c1-7(2)10-5-4-9(11)6-8(10)3/h4,6-7,10H,5,11H2,1-3H3. The first-order chi connectivity index (χ1) is 5.11. The minimum Gasteiger partial charge on any atom is -0.399 e. The van der Waals surface area contributed by atoms with Crippen LogP contribution < -0.4 is 5.73 Å². The molecule has 0 aliphatic heterocycles. The number of nitrogens with two attached hydrogens (primary N) is 1. The van der Waals surface area contributed by atoms with Crippen molar-refractivity contribution in [1.29, 1.82) is 0 Å². The Balaban J connectivity index is 2.72. The van der Waals surface area contributed by atoms with E-state index in [0.29, 0.717) is 5.92 Å². The first kappa shape index (κ1) is 8.38. The molecule has 0 aromatic carbocycles. The molecular weight excluding hydrogens is 134 g/mol. The summed E-state index contributed by atoms with van der Waals surface area (Å²) in [5, 5.41) is 0. The summed E-state index contributed by atoms with van der Waals surface area (Å²) in [5.74, 6) is 1.44. The molecule has 1 heteroatoms. The molecule has 62 valence electrons. The molecule has 11 heavy (non-hydrogen) atoms. The summed E-state index contributed by atoms with van der Waals surface area (Å²) in [6.07, 6.45) is 5.33. The summed E-state index contributed by atoms with van der Waals surface area (Å²) in [5.41, 5.74) is 8.03. The van der Waals surface area contributed by atoms with Crippen molar-refractivity contribution in [2.75, 3.05) is 0 Å². The maximum Gasteiger partial charge on any atom is 0.0273 e. The Kier molecular flexibility index (Phi) is 2.38. The molecule has 0 saturated carbocycles. The van der Waals surface area contributed by atoms with E-state index in [4.69, 9.17) is 5.73 Å². The van der Waals surface area contributed by atoms with E-state index in [-0.39, 0.29) is 0 Å². The van der Waals surface area contributed by atoms with E-state index in [1.807, 2.05) is 0 Å². The third-order valence-electron chi connectivity index (χ3n) is 2.39.